The first-order chi connectivity index (χ1) is 8.00. The number of rotatable bonds is 2. The molecule has 90 valence electrons. The number of hydrogen-bond donors (Lipinski definition) is 1. The molecular formula is C11H13N3O3. The summed E-state index contributed by atoms with van der Waals surface area (Å²) in [6, 6.07) is 3.99. The fraction of sp³-hybridized carbons (Fsp3) is 0.364. The fourth-order valence-electron chi connectivity index (χ4n) is 1.96. The van der Waals surface area contributed by atoms with E-state index in [9.17, 15) is 14.9 Å². The van der Waals surface area contributed by atoms with Crippen molar-refractivity contribution in [3.05, 3.63) is 33.9 Å². The number of nitro benzene ring substituents is 1. The normalized spacial score (nSPS) is 15.5. The summed E-state index contributed by atoms with van der Waals surface area (Å²) in [6.07, 6.45) is 0.714. The number of fused-ring (bicyclic) bond motifs is 1. The summed E-state index contributed by atoms with van der Waals surface area (Å²) in [5.41, 5.74) is 7.10. The zero-order valence-corrected chi connectivity index (χ0v) is 9.42. The van der Waals surface area contributed by atoms with E-state index in [2.05, 4.69) is 0 Å². The van der Waals surface area contributed by atoms with Crippen molar-refractivity contribution in [2.75, 3.05) is 11.4 Å². The molecule has 1 heterocycles. The molecular weight excluding hydrogens is 222 g/mol. The summed E-state index contributed by atoms with van der Waals surface area (Å²) in [5.74, 6) is -0.204. The van der Waals surface area contributed by atoms with Crippen molar-refractivity contribution in [2.24, 2.45) is 5.73 Å². The Kier molecular flexibility index (Phi) is 2.81. The lowest BCUT2D eigenvalue weighted by atomic mass is 10.1. The predicted molar refractivity (Wildman–Crippen MR) is 62.8 cm³/mol. The SMILES string of the molecule is C[C@H](N)C(=O)N1CCc2ccc([N+](=O)[O-])cc21. The van der Waals surface area contributed by atoms with Crippen LogP contribution in [0, 0.1) is 10.1 Å². The molecule has 17 heavy (non-hydrogen) atoms. The van der Waals surface area contributed by atoms with Crippen LogP contribution in [0.1, 0.15) is 12.5 Å². The lowest BCUT2D eigenvalue weighted by molar-refractivity contribution is -0.384. The number of benzene rings is 1. The van der Waals surface area contributed by atoms with E-state index in [0.717, 1.165) is 5.56 Å². The topological polar surface area (TPSA) is 89.5 Å². The van der Waals surface area contributed by atoms with Crippen molar-refractivity contribution in [1.29, 1.82) is 0 Å². The Morgan fingerprint density at radius 2 is 2.29 bits per heavy atom. The first-order valence-corrected chi connectivity index (χ1v) is 5.35. The van der Waals surface area contributed by atoms with Gasteiger partial charge in [-0.05, 0) is 18.9 Å². The third-order valence-electron chi connectivity index (χ3n) is 2.83. The molecule has 0 aromatic heterocycles. The van der Waals surface area contributed by atoms with E-state index in [1.54, 1.807) is 13.0 Å². The zero-order chi connectivity index (χ0) is 12.6. The van der Waals surface area contributed by atoms with Crippen LogP contribution in [-0.2, 0) is 11.2 Å². The molecule has 2 rings (SSSR count). The molecule has 1 atom stereocenters. The van der Waals surface area contributed by atoms with Crippen LogP contribution in [0.3, 0.4) is 0 Å². The van der Waals surface area contributed by atoms with Crippen molar-refractivity contribution >= 4 is 17.3 Å². The molecule has 1 aliphatic heterocycles. The van der Waals surface area contributed by atoms with Crippen LogP contribution >= 0.6 is 0 Å². The van der Waals surface area contributed by atoms with Gasteiger partial charge in [0.25, 0.3) is 5.69 Å². The van der Waals surface area contributed by atoms with Crippen LogP contribution in [-0.4, -0.2) is 23.4 Å². The van der Waals surface area contributed by atoms with Gasteiger partial charge >= 0.3 is 0 Å². The van der Waals surface area contributed by atoms with E-state index < -0.39 is 11.0 Å². The summed E-state index contributed by atoms with van der Waals surface area (Å²) < 4.78 is 0. The minimum absolute atomic E-state index is 0.00637. The van der Waals surface area contributed by atoms with Crippen molar-refractivity contribution in [2.45, 2.75) is 19.4 Å². The molecule has 0 saturated heterocycles. The van der Waals surface area contributed by atoms with Crippen molar-refractivity contribution < 1.29 is 9.72 Å². The lowest BCUT2D eigenvalue weighted by Gasteiger charge is -2.19. The van der Waals surface area contributed by atoms with Crippen LogP contribution in [0.4, 0.5) is 11.4 Å². The molecule has 0 aliphatic carbocycles. The molecule has 1 amide bonds. The van der Waals surface area contributed by atoms with Crippen LogP contribution in [0.2, 0.25) is 0 Å². The van der Waals surface area contributed by atoms with Gasteiger partial charge in [-0.3, -0.25) is 14.9 Å². The van der Waals surface area contributed by atoms with Crippen molar-refractivity contribution in [3.63, 3.8) is 0 Å². The van der Waals surface area contributed by atoms with Gasteiger partial charge in [0.2, 0.25) is 5.91 Å². The van der Waals surface area contributed by atoms with Gasteiger partial charge in [-0.25, -0.2) is 0 Å². The number of hydrogen-bond acceptors (Lipinski definition) is 4. The highest BCUT2D eigenvalue weighted by Gasteiger charge is 2.28. The first kappa shape index (κ1) is 11.5. The minimum atomic E-state index is -0.597. The highest BCUT2D eigenvalue weighted by molar-refractivity contribution is 5.98. The van der Waals surface area contributed by atoms with Gasteiger partial charge in [0.05, 0.1) is 16.7 Å². The molecule has 6 nitrogen and oxygen atoms in total. The Morgan fingerprint density at radius 1 is 1.59 bits per heavy atom. The lowest BCUT2D eigenvalue weighted by Crippen LogP contribution is -2.41. The number of carbonyl (C=O) groups excluding carboxylic acids is 1. The Hall–Kier alpha value is -1.95. The molecule has 0 saturated carbocycles. The summed E-state index contributed by atoms with van der Waals surface area (Å²) in [4.78, 5) is 23.6. The quantitative estimate of drug-likeness (QED) is 0.607. The minimum Gasteiger partial charge on any atom is -0.320 e. The van der Waals surface area contributed by atoms with Gasteiger partial charge in [-0.2, -0.15) is 0 Å². The molecule has 0 spiro atoms. The predicted octanol–water partition coefficient (Wildman–Crippen LogP) is 0.831. The zero-order valence-electron chi connectivity index (χ0n) is 9.42. The Balaban J connectivity index is 2.39. The summed E-state index contributed by atoms with van der Waals surface area (Å²) in [6.45, 7) is 2.15. The highest BCUT2D eigenvalue weighted by atomic mass is 16.6. The third kappa shape index (κ3) is 1.99. The number of carbonyl (C=O) groups is 1. The maximum absolute atomic E-state index is 11.8. The molecule has 0 radical (unpaired) electrons. The molecule has 1 aliphatic rings. The molecule has 1 aromatic rings. The second kappa shape index (κ2) is 4.14. The molecule has 1 aromatic carbocycles. The molecule has 6 heteroatoms. The van der Waals surface area contributed by atoms with E-state index in [0.29, 0.717) is 18.7 Å². The van der Waals surface area contributed by atoms with Crippen LogP contribution in [0.15, 0.2) is 18.2 Å². The number of non-ortho nitro benzene ring substituents is 1. The van der Waals surface area contributed by atoms with Crippen LogP contribution in [0.5, 0.6) is 0 Å². The Bertz CT molecular complexity index is 485. The summed E-state index contributed by atoms with van der Waals surface area (Å²) >= 11 is 0. The highest BCUT2D eigenvalue weighted by Crippen LogP contribution is 2.31. The average Bonchev–Trinajstić information content (AvgIpc) is 2.70. The van der Waals surface area contributed by atoms with E-state index >= 15 is 0 Å². The number of nitro groups is 1. The second-order valence-electron chi connectivity index (χ2n) is 4.10. The van der Waals surface area contributed by atoms with Gasteiger partial charge in [0.1, 0.15) is 0 Å². The molecule has 0 unspecified atom stereocenters. The van der Waals surface area contributed by atoms with Gasteiger partial charge in [-0.1, -0.05) is 6.07 Å². The van der Waals surface area contributed by atoms with Gasteiger partial charge in [-0.15, -0.1) is 0 Å². The maximum atomic E-state index is 11.8. The Morgan fingerprint density at radius 3 is 2.88 bits per heavy atom. The second-order valence-corrected chi connectivity index (χ2v) is 4.10. The van der Waals surface area contributed by atoms with Gasteiger partial charge < -0.3 is 10.6 Å². The molecule has 2 N–H and O–H groups in total. The van der Waals surface area contributed by atoms with Crippen LogP contribution < -0.4 is 10.6 Å². The van der Waals surface area contributed by atoms with E-state index in [1.165, 1.54) is 17.0 Å². The number of nitrogens with zero attached hydrogens (tertiary/aromatic N) is 2. The fourth-order valence-corrected chi connectivity index (χ4v) is 1.96. The van der Waals surface area contributed by atoms with Gasteiger partial charge in [0, 0.05) is 18.7 Å². The summed E-state index contributed by atoms with van der Waals surface area (Å²) in [5, 5.41) is 10.7. The van der Waals surface area contributed by atoms with E-state index in [4.69, 9.17) is 5.73 Å². The smallest absolute Gasteiger partial charge is 0.271 e. The molecule has 0 bridgehead atoms. The van der Waals surface area contributed by atoms with Gasteiger partial charge in [0.15, 0.2) is 0 Å². The van der Waals surface area contributed by atoms with Crippen molar-refractivity contribution in [1.82, 2.24) is 0 Å². The van der Waals surface area contributed by atoms with Crippen molar-refractivity contribution in [3.8, 4) is 0 Å². The van der Waals surface area contributed by atoms with E-state index in [1.807, 2.05) is 0 Å². The molecule has 0 fully saturated rings. The average molecular weight is 235 g/mol. The summed E-state index contributed by atoms with van der Waals surface area (Å²) in [7, 11) is 0. The first-order valence-electron chi connectivity index (χ1n) is 5.35. The standard InChI is InChI=1S/C11H13N3O3/c1-7(12)11(15)13-5-4-8-2-3-9(14(16)17)6-10(8)13/h2-3,6-7H,4-5,12H2,1H3/t7-/m0/s1. The number of nitrogens with two attached hydrogens (primary N) is 1. The largest absolute Gasteiger partial charge is 0.320 e. The Labute approximate surface area is 98.2 Å². The monoisotopic (exact) mass is 235 g/mol. The maximum Gasteiger partial charge on any atom is 0.271 e. The number of anilines is 1. The third-order valence-corrected chi connectivity index (χ3v) is 2.83. The number of amides is 1. The van der Waals surface area contributed by atoms with E-state index in [-0.39, 0.29) is 11.6 Å². The van der Waals surface area contributed by atoms with Crippen LogP contribution in [0.25, 0.3) is 0 Å².